The molecular weight excluding hydrogens is 338 g/mol. The number of likely N-dealkylation sites (N-methyl/N-ethyl adjacent to an activating group) is 1. The first-order valence-corrected chi connectivity index (χ1v) is 8.80. The van der Waals surface area contributed by atoms with Gasteiger partial charge in [0.1, 0.15) is 0 Å². The van der Waals surface area contributed by atoms with Crippen LogP contribution in [0.1, 0.15) is 11.3 Å². The maximum absolute atomic E-state index is 12.7. The van der Waals surface area contributed by atoms with Crippen molar-refractivity contribution < 1.29 is 4.79 Å². The lowest BCUT2D eigenvalue weighted by molar-refractivity contribution is -0.129. The second kappa shape index (κ2) is 7.03. The summed E-state index contributed by atoms with van der Waals surface area (Å²) < 4.78 is 0. The summed E-state index contributed by atoms with van der Waals surface area (Å²) in [6.45, 7) is 0.519. The molecular formula is C22H19N3O2. The summed E-state index contributed by atoms with van der Waals surface area (Å²) in [7, 11) is 1.78. The third-order valence-corrected chi connectivity index (χ3v) is 4.75. The van der Waals surface area contributed by atoms with Crippen molar-refractivity contribution in [2.45, 2.75) is 13.0 Å². The number of aromatic nitrogens is 2. The Bertz CT molecular complexity index is 1200. The number of rotatable bonds is 4. The fourth-order valence-electron chi connectivity index (χ4n) is 3.28. The molecule has 1 amide bonds. The highest BCUT2D eigenvalue weighted by atomic mass is 16.2. The molecule has 0 fully saturated rings. The van der Waals surface area contributed by atoms with E-state index in [9.17, 15) is 9.59 Å². The maximum atomic E-state index is 12.7. The van der Waals surface area contributed by atoms with Gasteiger partial charge in [-0.05, 0) is 28.5 Å². The molecule has 0 unspecified atom stereocenters. The van der Waals surface area contributed by atoms with Crippen molar-refractivity contribution in [3.8, 4) is 0 Å². The van der Waals surface area contributed by atoms with Gasteiger partial charge in [-0.15, -0.1) is 0 Å². The smallest absolute Gasteiger partial charge is 0.272 e. The zero-order valence-corrected chi connectivity index (χ0v) is 15.0. The average Bonchev–Trinajstić information content (AvgIpc) is 2.70. The summed E-state index contributed by atoms with van der Waals surface area (Å²) in [6, 6.07) is 21.6. The van der Waals surface area contributed by atoms with E-state index < -0.39 is 0 Å². The molecule has 5 heteroatoms. The minimum atomic E-state index is -0.244. The molecule has 0 aliphatic carbocycles. The fraction of sp³-hybridized carbons (Fsp3) is 0.136. The minimum absolute atomic E-state index is 0.0483. The highest BCUT2D eigenvalue weighted by Crippen LogP contribution is 2.18. The highest BCUT2D eigenvalue weighted by molar-refractivity contribution is 5.88. The van der Waals surface area contributed by atoms with E-state index >= 15 is 0 Å². The van der Waals surface area contributed by atoms with Gasteiger partial charge in [-0.3, -0.25) is 9.59 Å². The molecule has 0 atom stereocenters. The van der Waals surface area contributed by atoms with Gasteiger partial charge in [-0.25, -0.2) is 5.10 Å². The van der Waals surface area contributed by atoms with Crippen molar-refractivity contribution in [1.29, 1.82) is 0 Å². The second-order valence-electron chi connectivity index (χ2n) is 6.65. The van der Waals surface area contributed by atoms with Crippen LogP contribution in [0.15, 0.2) is 71.5 Å². The molecule has 5 nitrogen and oxygen atoms in total. The van der Waals surface area contributed by atoms with Gasteiger partial charge in [0.05, 0.1) is 17.5 Å². The summed E-state index contributed by atoms with van der Waals surface area (Å²) >= 11 is 0. The van der Waals surface area contributed by atoms with Crippen LogP contribution in [0.3, 0.4) is 0 Å². The van der Waals surface area contributed by atoms with Crippen LogP contribution in [-0.2, 0) is 17.8 Å². The number of carbonyl (C=O) groups excluding carboxylic acids is 1. The molecule has 4 rings (SSSR count). The molecule has 4 aromatic rings. The zero-order chi connectivity index (χ0) is 18.8. The van der Waals surface area contributed by atoms with E-state index in [4.69, 9.17) is 0 Å². The van der Waals surface area contributed by atoms with E-state index in [0.29, 0.717) is 23.0 Å². The van der Waals surface area contributed by atoms with Gasteiger partial charge in [0.15, 0.2) is 0 Å². The monoisotopic (exact) mass is 357 g/mol. The van der Waals surface area contributed by atoms with E-state index in [-0.39, 0.29) is 17.9 Å². The molecule has 0 saturated heterocycles. The predicted molar refractivity (Wildman–Crippen MR) is 106 cm³/mol. The number of carbonyl (C=O) groups is 1. The molecule has 0 saturated carbocycles. The van der Waals surface area contributed by atoms with Crippen LogP contribution in [0.4, 0.5) is 0 Å². The first-order valence-electron chi connectivity index (χ1n) is 8.80. The largest absolute Gasteiger partial charge is 0.341 e. The molecule has 0 aliphatic heterocycles. The standard InChI is InChI=1S/C22H19N3O2/c1-25(14-15-10-11-16-6-2-3-7-17(16)12-15)21(26)13-20-18-8-4-5-9-19(18)22(27)24-23-20/h2-12H,13-14H2,1H3,(H,24,27). The lowest BCUT2D eigenvalue weighted by Crippen LogP contribution is -2.28. The van der Waals surface area contributed by atoms with Gasteiger partial charge in [-0.2, -0.15) is 5.10 Å². The lowest BCUT2D eigenvalue weighted by Gasteiger charge is -2.18. The number of fused-ring (bicyclic) bond motifs is 2. The van der Waals surface area contributed by atoms with E-state index in [1.54, 1.807) is 24.1 Å². The van der Waals surface area contributed by atoms with Crippen molar-refractivity contribution in [2.24, 2.45) is 0 Å². The van der Waals surface area contributed by atoms with Crippen LogP contribution in [0.5, 0.6) is 0 Å². The average molecular weight is 357 g/mol. The minimum Gasteiger partial charge on any atom is -0.341 e. The van der Waals surface area contributed by atoms with E-state index in [1.807, 2.05) is 30.3 Å². The molecule has 0 spiro atoms. The quantitative estimate of drug-likeness (QED) is 0.609. The predicted octanol–water partition coefficient (Wildman–Crippen LogP) is 3.28. The molecule has 134 valence electrons. The Kier molecular flexibility index (Phi) is 4.42. The maximum Gasteiger partial charge on any atom is 0.272 e. The Morgan fingerprint density at radius 1 is 0.963 bits per heavy atom. The topological polar surface area (TPSA) is 66.1 Å². The summed E-state index contributed by atoms with van der Waals surface area (Å²) in [5, 5.41) is 10.2. The van der Waals surface area contributed by atoms with Crippen molar-refractivity contribution in [3.05, 3.63) is 88.3 Å². The third-order valence-electron chi connectivity index (χ3n) is 4.75. The van der Waals surface area contributed by atoms with Gasteiger partial charge < -0.3 is 4.90 Å². The van der Waals surface area contributed by atoms with Crippen LogP contribution >= 0.6 is 0 Å². The van der Waals surface area contributed by atoms with E-state index in [2.05, 4.69) is 34.5 Å². The van der Waals surface area contributed by atoms with Gasteiger partial charge in [0, 0.05) is 19.0 Å². The summed E-state index contributed by atoms with van der Waals surface area (Å²) in [5.41, 5.74) is 1.41. The van der Waals surface area contributed by atoms with E-state index in [0.717, 1.165) is 10.9 Å². The SMILES string of the molecule is CN(Cc1ccc2ccccc2c1)C(=O)Cc1n[nH]c(=O)c2ccccc12. The number of aromatic amines is 1. The normalized spacial score (nSPS) is 11.0. The lowest BCUT2D eigenvalue weighted by atomic mass is 10.1. The number of benzene rings is 3. The number of H-pyrrole nitrogens is 1. The van der Waals surface area contributed by atoms with Crippen molar-refractivity contribution >= 4 is 27.5 Å². The summed E-state index contributed by atoms with van der Waals surface area (Å²) in [6.07, 6.45) is 0.140. The van der Waals surface area contributed by atoms with Crippen LogP contribution in [0, 0.1) is 0 Å². The Balaban J connectivity index is 1.54. The van der Waals surface area contributed by atoms with Crippen molar-refractivity contribution in [2.75, 3.05) is 7.05 Å². The number of nitrogens with zero attached hydrogens (tertiary/aromatic N) is 2. The van der Waals surface area contributed by atoms with Crippen LogP contribution in [-0.4, -0.2) is 28.1 Å². The number of hydrogen-bond donors (Lipinski definition) is 1. The van der Waals surface area contributed by atoms with Crippen LogP contribution in [0.25, 0.3) is 21.5 Å². The van der Waals surface area contributed by atoms with Crippen molar-refractivity contribution in [3.63, 3.8) is 0 Å². The number of amides is 1. The van der Waals surface area contributed by atoms with E-state index in [1.165, 1.54) is 5.39 Å². The first kappa shape index (κ1) is 17.0. The van der Waals surface area contributed by atoms with Gasteiger partial charge in [0.25, 0.3) is 5.56 Å². The molecule has 0 bridgehead atoms. The highest BCUT2D eigenvalue weighted by Gasteiger charge is 2.14. The molecule has 0 radical (unpaired) electrons. The van der Waals surface area contributed by atoms with Crippen LogP contribution < -0.4 is 5.56 Å². The molecule has 1 aromatic heterocycles. The van der Waals surface area contributed by atoms with Crippen LogP contribution in [0.2, 0.25) is 0 Å². The zero-order valence-electron chi connectivity index (χ0n) is 15.0. The molecule has 3 aromatic carbocycles. The Labute approximate surface area is 156 Å². The van der Waals surface area contributed by atoms with Gasteiger partial charge in [-0.1, -0.05) is 54.6 Å². The third kappa shape index (κ3) is 3.44. The number of hydrogen-bond acceptors (Lipinski definition) is 3. The second-order valence-corrected chi connectivity index (χ2v) is 6.65. The Morgan fingerprint density at radius 2 is 1.67 bits per heavy atom. The summed E-state index contributed by atoms with van der Waals surface area (Å²) in [5.74, 6) is -0.0483. The molecule has 0 aliphatic rings. The first-order chi connectivity index (χ1) is 13.1. The Hall–Kier alpha value is -3.47. The van der Waals surface area contributed by atoms with Crippen molar-refractivity contribution in [1.82, 2.24) is 15.1 Å². The summed E-state index contributed by atoms with van der Waals surface area (Å²) in [4.78, 5) is 26.3. The molecule has 27 heavy (non-hydrogen) atoms. The van der Waals surface area contributed by atoms with Gasteiger partial charge in [0.2, 0.25) is 5.91 Å². The molecule has 1 N–H and O–H groups in total. The molecule has 1 heterocycles. The fourth-order valence-corrected chi connectivity index (χ4v) is 3.28. The van der Waals surface area contributed by atoms with Gasteiger partial charge >= 0.3 is 0 Å². The Morgan fingerprint density at radius 3 is 2.48 bits per heavy atom. The number of nitrogens with one attached hydrogen (secondary N) is 1.